The lowest BCUT2D eigenvalue weighted by Gasteiger charge is -2.23. The smallest absolute Gasteiger partial charge is 0.313 e. The molecule has 0 saturated carbocycles. The van der Waals surface area contributed by atoms with Crippen molar-refractivity contribution in [2.24, 2.45) is 5.92 Å². The van der Waals surface area contributed by atoms with Crippen molar-refractivity contribution in [3.8, 4) is 0 Å². The van der Waals surface area contributed by atoms with Crippen molar-refractivity contribution >= 4 is 0 Å². The van der Waals surface area contributed by atoms with Gasteiger partial charge in [-0.3, -0.25) is 0 Å². The molecule has 7 heteroatoms. The number of nitrogens with one attached hydrogen (secondary N) is 1. The standard InChI is InChI=1S/C16H21F6N/c1-14(2,3)12-6-4-11(5-7-12)10-23-9-8-13(15(17,18)19)16(20,21)22/h4-7,13,23H,8-10H2,1-3H3. The highest BCUT2D eigenvalue weighted by Crippen LogP contribution is 2.41. The van der Waals surface area contributed by atoms with Gasteiger partial charge in [0.25, 0.3) is 0 Å². The van der Waals surface area contributed by atoms with Gasteiger partial charge in [0.1, 0.15) is 0 Å². The lowest BCUT2D eigenvalue weighted by atomic mass is 9.87. The lowest BCUT2D eigenvalue weighted by Crippen LogP contribution is -2.38. The summed E-state index contributed by atoms with van der Waals surface area (Å²) in [4.78, 5) is 0. The monoisotopic (exact) mass is 341 g/mol. The molecule has 0 aliphatic carbocycles. The van der Waals surface area contributed by atoms with Gasteiger partial charge in [0.15, 0.2) is 5.92 Å². The molecule has 23 heavy (non-hydrogen) atoms. The number of alkyl halides is 6. The predicted molar refractivity (Wildman–Crippen MR) is 77.1 cm³/mol. The number of hydrogen-bond donors (Lipinski definition) is 1. The molecule has 0 fully saturated rings. The summed E-state index contributed by atoms with van der Waals surface area (Å²) in [5, 5.41) is 2.63. The topological polar surface area (TPSA) is 12.0 Å². The van der Waals surface area contributed by atoms with Crippen LogP contribution in [0, 0.1) is 5.92 Å². The third-order valence-electron chi connectivity index (χ3n) is 3.55. The second kappa shape index (κ2) is 7.11. The molecular weight excluding hydrogens is 320 g/mol. The fourth-order valence-electron chi connectivity index (χ4n) is 2.11. The van der Waals surface area contributed by atoms with Gasteiger partial charge < -0.3 is 5.32 Å². The zero-order chi connectivity index (χ0) is 17.9. The number of rotatable bonds is 5. The molecule has 1 aromatic rings. The molecule has 0 unspecified atom stereocenters. The molecule has 0 aliphatic rings. The van der Waals surface area contributed by atoms with Crippen LogP contribution in [0.5, 0.6) is 0 Å². The van der Waals surface area contributed by atoms with E-state index in [-0.39, 0.29) is 18.5 Å². The van der Waals surface area contributed by atoms with Gasteiger partial charge in [-0.15, -0.1) is 0 Å². The van der Waals surface area contributed by atoms with E-state index in [1.807, 2.05) is 24.3 Å². The van der Waals surface area contributed by atoms with Gasteiger partial charge >= 0.3 is 12.4 Å². The summed E-state index contributed by atoms with van der Waals surface area (Å²) in [5.74, 6) is -3.29. The van der Waals surface area contributed by atoms with Crippen LogP contribution in [-0.2, 0) is 12.0 Å². The van der Waals surface area contributed by atoms with Crippen LogP contribution in [-0.4, -0.2) is 18.9 Å². The van der Waals surface area contributed by atoms with Gasteiger partial charge in [-0.1, -0.05) is 45.0 Å². The van der Waals surface area contributed by atoms with Crippen LogP contribution in [0.1, 0.15) is 38.3 Å². The maximum atomic E-state index is 12.4. The van der Waals surface area contributed by atoms with Crippen LogP contribution in [0.4, 0.5) is 26.3 Å². The van der Waals surface area contributed by atoms with Crippen LogP contribution in [0.2, 0.25) is 0 Å². The number of benzene rings is 1. The van der Waals surface area contributed by atoms with Crippen molar-refractivity contribution < 1.29 is 26.3 Å². The SMILES string of the molecule is CC(C)(C)c1ccc(CNCCC(C(F)(F)F)C(F)(F)F)cc1. The predicted octanol–water partition coefficient (Wildman–Crippen LogP) is 5.20. The molecule has 132 valence electrons. The normalized spacial score (nSPS) is 13.7. The summed E-state index contributed by atoms with van der Waals surface area (Å²) in [5.41, 5.74) is 1.91. The summed E-state index contributed by atoms with van der Waals surface area (Å²) < 4.78 is 74.2. The lowest BCUT2D eigenvalue weighted by molar-refractivity contribution is -0.285. The minimum atomic E-state index is -5.27. The Morgan fingerprint density at radius 3 is 1.74 bits per heavy atom. The summed E-state index contributed by atoms with van der Waals surface area (Å²) in [6, 6.07) is 7.45. The highest BCUT2D eigenvalue weighted by Gasteiger charge is 2.55. The minimum Gasteiger partial charge on any atom is -0.313 e. The summed E-state index contributed by atoms with van der Waals surface area (Å²) in [7, 11) is 0. The molecular formula is C16H21F6N. The maximum Gasteiger partial charge on any atom is 0.400 e. The summed E-state index contributed by atoms with van der Waals surface area (Å²) in [6.45, 7) is 6.02. The van der Waals surface area contributed by atoms with Gasteiger partial charge in [0, 0.05) is 6.54 Å². The Hall–Kier alpha value is -1.24. The van der Waals surface area contributed by atoms with E-state index in [2.05, 4.69) is 26.1 Å². The van der Waals surface area contributed by atoms with E-state index >= 15 is 0 Å². The molecule has 0 amide bonds. The van der Waals surface area contributed by atoms with E-state index < -0.39 is 24.7 Å². The van der Waals surface area contributed by atoms with Crippen molar-refractivity contribution in [3.05, 3.63) is 35.4 Å². The molecule has 1 nitrogen and oxygen atoms in total. The third-order valence-corrected chi connectivity index (χ3v) is 3.55. The van der Waals surface area contributed by atoms with Gasteiger partial charge in [0.05, 0.1) is 0 Å². The largest absolute Gasteiger partial charge is 0.400 e. The van der Waals surface area contributed by atoms with Crippen molar-refractivity contribution in [1.29, 1.82) is 0 Å². The number of hydrogen-bond acceptors (Lipinski definition) is 1. The molecule has 0 atom stereocenters. The molecule has 0 bridgehead atoms. The van der Waals surface area contributed by atoms with E-state index in [9.17, 15) is 26.3 Å². The van der Waals surface area contributed by atoms with Crippen LogP contribution in [0.15, 0.2) is 24.3 Å². The Labute approximate surface area is 132 Å². The van der Waals surface area contributed by atoms with E-state index in [1.165, 1.54) is 0 Å². The maximum absolute atomic E-state index is 12.4. The van der Waals surface area contributed by atoms with E-state index in [0.29, 0.717) is 0 Å². The molecule has 0 aromatic heterocycles. The Bertz CT molecular complexity index is 467. The summed E-state index contributed by atoms with van der Waals surface area (Å²) >= 11 is 0. The third kappa shape index (κ3) is 6.41. The van der Waals surface area contributed by atoms with E-state index in [1.54, 1.807) is 0 Å². The summed E-state index contributed by atoms with van der Waals surface area (Å²) in [6.07, 6.45) is -11.6. The Kier molecular flexibility index (Phi) is 6.12. The molecule has 1 rings (SSSR count). The van der Waals surface area contributed by atoms with Crippen LogP contribution < -0.4 is 5.32 Å². The van der Waals surface area contributed by atoms with Crippen molar-refractivity contribution in [1.82, 2.24) is 5.32 Å². The fraction of sp³-hybridized carbons (Fsp3) is 0.625. The van der Waals surface area contributed by atoms with Crippen molar-refractivity contribution in [3.63, 3.8) is 0 Å². The van der Waals surface area contributed by atoms with Crippen LogP contribution >= 0.6 is 0 Å². The zero-order valence-electron chi connectivity index (χ0n) is 13.3. The first-order chi connectivity index (χ1) is 10.3. The first kappa shape index (κ1) is 19.8. The minimum absolute atomic E-state index is 0.0153. The van der Waals surface area contributed by atoms with Crippen LogP contribution in [0.3, 0.4) is 0 Å². The quantitative estimate of drug-likeness (QED) is 0.573. The molecule has 0 heterocycles. The molecule has 0 saturated heterocycles. The Balaban J connectivity index is 2.51. The van der Waals surface area contributed by atoms with E-state index in [0.717, 1.165) is 11.1 Å². The fourth-order valence-corrected chi connectivity index (χ4v) is 2.11. The molecule has 0 spiro atoms. The molecule has 1 aromatic carbocycles. The molecule has 1 N–H and O–H groups in total. The van der Waals surface area contributed by atoms with Crippen molar-refractivity contribution in [2.75, 3.05) is 6.54 Å². The van der Waals surface area contributed by atoms with Crippen LogP contribution in [0.25, 0.3) is 0 Å². The van der Waals surface area contributed by atoms with E-state index in [4.69, 9.17) is 0 Å². The highest BCUT2D eigenvalue weighted by atomic mass is 19.4. The first-order valence-corrected chi connectivity index (χ1v) is 7.25. The van der Waals surface area contributed by atoms with Crippen molar-refractivity contribution in [2.45, 2.75) is 51.5 Å². The van der Waals surface area contributed by atoms with Gasteiger partial charge in [-0.05, 0) is 29.5 Å². The van der Waals surface area contributed by atoms with Gasteiger partial charge in [0.2, 0.25) is 0 Å². The average molecular weight is 341 g/mol. The van der Waals surface area contributed by atoms with Gasteiger partial charge in [-0.2, -0.15) is 26.3 Å². The van der Waals surface area contributed by atoms with Gasteiger partial charge in [-0.25, -0.2) is 0 Å². The Morgan fingerprint density at radius 1 is 0.870 bits per heavy atom. The second-order valence-corrected chi connectivity index (χ2v) is 6.55. The molecule has 0 aliphatic heterocycles. The zero-order valence-corrected chi connectivity index (χ0v) is 13.3. The second-order valence-electron chi connectivity index (χ2n) is 6.55. The Morgan fingerprint density at radius 2 is 1.35 bits per heavy atom. The number of halogens is 6. The first-order valence-electron chi connectivity index (χ1n) is 7.25. The highest BCUT2D eigenvalue weighted by molar-refractivity contribution is 5.27. The molecule has 0 radical (unpaired) electrons. The average Bonchev–Trinajstić information content (AvgIpc) is 2.34.